The molecule has 0 N–H and O–H groups in total. The summed E-state index contributed by atoms with van der Waals surface area (Å²) >= 11 is 0. The Morgan fingerprint density at radius 1 is 1.38 bits per heavy atom. The molecule has 0 aliphatic carbocycles. The first kappa shape index (κ1) is 9.59. The van der Waals surface area contributed by atoms with Gasteiger partial charge in [-0.15, -0.1) is 0 Å². The summed E-state index contributed by atoms with van der Waals surface area (Å²) in [5, 5.41) is 0. The highest BCUT2D eigenvalue weighted by Gasteiger charge is 1.96. The van der Waals surface area contributed by atoms with Crippen molar-refractivity contribution in [3.05, 3.63) is 48.6 Å². The van der Waals surface area contributed by atoms with Crippen LogP contribution in [0.15, 0.2) is 36.4 Å². The zero-order chi connectivity index (χ0) is 9.52. The summed E-state index contributed by atoms with van der Waals surface area (Å²) in [5.41, 5.74) is 0.812. The normalized spacial score (nSPS) is 10.2. The van der Waals surface area contributed by atoms with Crippen molar-refractivity contribution in [2.24, 2.45) is 0 Å². The van der Waals surface area contributed by atoms with Crippen molar-refractivity contribution in [1.82, 2.24) is 0 Å². The molecular weight excluding hydrogens is 160 g/mol. The Morgan fingerprint density at radius 3 is 2.85 bits per heavy atom. The van der Waals surface area contributed by atoms with Gasteiger partial charge >= 0.3 is 0 Å². The van der Waals surface area contributed by atoms with Crippen LogP contribution in [0.25, 0.3) is 6.08 Å². The first-order valence-corrected chi connectivity index (χ1v) is 4.22. The summed E-state index contributed by atoms with van der Waals surface area (Å²) < 4.78 is 5.43. The van der Waals surface area contributed by atoms with E-state index in [2.05, 4.69) is 0 Å². The summed E-state index contributed by atoms with van der Waals surface area (Å²) in [6, 6.07) is 7.52. The lowest BCUT2D eigenvalue weighted by Crippen LogP contribution is -1.94. The van der Waals surface area contributed by atoms with Gasteiger partial charge in [-0.1, -0.05) is 30.4 Å². The molecule has 0 saturated heterocycles. The Hall–Kier alpha value is -1.50. The highest BCUT2D eigenvalue weighted by atomic mass is 16.5. The minimum Gasteiger partial charge on any atom is -0.489 e. The maximum Gasteiger partial charge on any atom is 0.127 e. The Labute approximate surface area is 79.4 Å². The third kappa shape index (κ3) is 2.79. The molecule has 1 nitrogen and oxygen atoms in total. The molecule has 0 spiro atoms. The van der Waals surface area contributed by atoms with Gasteiger partial charge in [-0.2, -0.15) is 0 Å². The van der Waals surface area contributed by atoms with E-state index in [9.17, 15) is 0 Å². The molecule has 1 rings (SSSR count). The molecule has 1 heteroatoms. The summed E-state index contributed by atoms with van der Waals surface area (Å²) in [4.78, 5) is 0. The molecule has 0 unspecified atom stereocenters. The molecular formula is C12H12O. The van der Waals surface area contributed by atoms with Gasteiger partial charge in [0, 0.05) is 5.56 Å². The van der Waals surface area contributed by atoms with Gasteiger partial charge in [0.2, 0.25) is 0 Å². The molecule has 0 aliphatic heterocycles. The lowest BCUT2D eigenvalue weighted by atomic mass is 10.2. The van der Waals surface area contributed by atoms with Crippen molar-refractivity contribution in [2.45, 2.75) is 6.92 Å². The van der Waals surface area contributed by atoms with E-state index >= 15 is 0 Å². The zero-order valence-electron chi connectivity index (χ0n) is 7.66. The molecule has 66 valence electrons. The van der Waals surface area contributed by atoms with Crippen LogP contribution in [0.3, 0.4) is 0 Å². The number of rotatable bonds is 4. The topological polar surface area (TPSA) is 9.23 Å². The van der Waals surface area contributed by atoms with Gasteiger partial charge in [0.1, 0.15) is 12.4 Å². The second-order valence-corrected chi connectivity index (χ2v) is 2.56. The number of para-hydroxylation sites is 1. The van der Waals surface area contributed by atoms with Crippen LogP contribution in [0, 0.1) is 6.58 Å². The van der Waals surface area contributed by atoms with Crippen LogP contribution in [0.2, 0.25) is 0 Å². The lowest BCUT2D eigenvalue weighted by molar-refractivity contribution is 0.362. The summed E-state index contributed by atoms with van der Waals surface area (Å²) in [5.74, 6) is 0.760. The van der Waals surface area contributed by atoms with E-state index in [1.807, 2.05) is 43.3 Å². The fraction of sp³-hybridized carbons (Fsp3) is 0.167. The molecule has 0 atom stereocenters. The van der Waals surface area contributed by atoms with Crippen LogP contribution < -0.4 is 4.74 Å². The molecule has 0 saturated carbocycles. The predicted octanol–water partition coefficient (Wildman–Crippen LogP) is 2.96. The number of allylic oxidation sites excluding steroid dienone is 1. The van der Waals surface area contributed by atoms with E-state index in [-0.39, 0.29) is 0 Å². The van der Waals surface area contributed by atoms with E-state index in [0.717, 1.165) is 11.3 Å². The number of hydrogen-bond acceptors (Lipinski definition) is 1. The molecule has 0 fully saturated rings. The van der Waals surface area contributed by atoms with Crippen molar-refractivity contribution in [3.8, 4) is 5.75 Å². The molecule has 2 radical (unpaired) electrons. The molecule has 1 aromatic carbocycles. The quantitative estimate of drug-likeness (QED) is 0.634. The molecule has 0 heterocycles. The Kier molecular flexibility index (Phi) is 3.83. The maximum atomic E-state index is 7.14. The number of benzene rings is 1. The lowest BCUT2D eigenvalue weighted by Gasteiger charge is -2.05. The van der Waals surface area contributed by atoms with E-state index in [4.69, 9.17) is 11.3 Å². The third-order valence-corrected chi connectivity index (χ3v) is 1.65. The van der Waals surface area contributed by atoms with E-state index in [1.54, 1.807) is 0 Å². The van der Waals surface area contributed by atoms with Crippen LogP contribution in [-0.2, 0) is 0 Å². The average molecular weight is 172 g/mol. The summed E-state index contributed by atoms with van der Waals surface area (Å²) in [6.07, 6.45) is 5.17. The largest absolute Gasteiger partial charge is 0.489 e. The van der Waals surface area contributed by atoms with E-state index in [1.165, 1.54) is 6.08 Å². The average Bonchev–Trinajstić information content (AvgIpc) is 2.19. The molecule has 0 amide bonds. The van der Waals surface area contributed by atoms with Crippen LogP contribution in [0.5, 0.6) is 5.75 Å². The van der Waals surface area contributed by atoms with Gasteiger partial charge < -0.3 is 4.74 Å². The number of ether oxygens (including phenoxy) is 1. The van der Waals surface area contributed by atoms with E-state index in [0.29, 0.717) is 6.61 Å². The van der Waals surface area contributed by atoms with Gasteiger partial charge in [0.15, 0.2) is 0 Å². The predicted molar refractivity (Wildman–Crippen MR) is 54.5 cm³/mol. The van der Waals surface area contributed by atoms with Gasteiger partial charge in [0.05, 0.1) is 0 Å². The maximum absolute atomic E-state index is 7.14. The Morgan fingerprint density at radius 2 is 2.15 bits per heavy atom. The van der Waals surface area contributed by atoms with Gasteiger partial charge in [0.25, 0.3) is 0 Å². The zero-order valence-corrected chi connectivity index (χ0v) is 7.66. The van der Waals surface area contributed by atoms with Crippen molar-refractivity contribution in [1.29, 1.82) is 0 Å². The fourth-order valence-electron chi connectivity index (χ4n) is 0.965. The monoisotopic (exact) mass is 172 g/mol. The van der Waals surface area contributed by atoms with Gasteiger partial charge in [-0.25, -0.2) is 0 Å². The standard InChI is InChI=1S/C12H12O/c1-3-5-10-13-12-9-7-6-8-11(12)4-2/h3-9H,10H2,1H3/b5-3-. The first-order valence-electron chi connectivity index (χ1n) is 4.22. The summed E-state index contributed by atoms with van der Waals surface area (Å²) in [7, 11) is 0. The van der Waals surface area contributed by atoms with Crippen molar-refractivity contribution in [3.63, 3.8) is 0 Å². The first-order chi connectivity index (χ1) is 6.38. The molecule has 0 bridgehead atoms. The minimum absolute atomic E-state index is 0.557. The number of hydrogen-bond donors (Lipinski definition) is 0. The minimum atomic E-state index is 0.557. The van der Waals surface area contributed by atoms with E-state index < -0.39 is 0 Å². The van der Waals surface area contributed by atoms with Crippen molar-refractivity contribution >= 4 is 6.08 Å². The summed E-state index contributed by atoms with van der Waals surface area (Å²) in [6.45, 7) is 9.65. The smallest absolute Gasteiger partial charge is 0.127 e. The van der Waals surface area contributed by atoms with Crippen LogP contribution in [0.4, 0.5) is 0 Å². The van der Waals surface area contributed by atoms with Crippen LogP contribution in [0.1, 0.15) is 12.5 Å². The Bertz CT molecular complexity index is 300. The van der Waals surface area contributed by atoms with Crippen molar-refractivity contribution < 1.29 is 4.74 Å². The molecule has 1 aromatic rings. The fourth-order valence-corrected chi connectivity index (χ4v) is 0.965. The third-order valence-electron chi connectivity index (χ3n) is 1.65. The molecule has 13 heavy (non-hydrogen) atoms. The van der Waals surface area contributed by atoms with Crippen LogP contribution in [-0.4, -0.2) is 6.61 Å². The Balaban J connectivity index is 2.69. The SMILES string of the molecule is [C]=Cc1ccccc1OC/C=C\C. The molecule has 0 aromatic heterocycles. The second-order valence-electron chi connectivity index (χ2n) is 2.56. The highest BCUT2D eigenvalue weighted by Crippen LogP contribution is 2.18. The van der Waals surface area contributed by atoms with Crippen LogP contribution >= 0.6 is 0 Å². The molecule has 0 aliphatic rings. The highest BCUT2D eigenvalue weighted by molar-refractivity contribution is 5.54. The van der Waals surface area contributed by atoms with Gasteiger partial charge in [-0.3, -0.25) is 0 Å². The second kappa shape index (κ2) is 5.20. The van der Waals surface area contributed by atoms with Gasteiger partial charge in [-0.05, 0) is 25.6 Å². The van der Waals surface area contributed by atoms with Crippen molar-refractivity contribution in [2.75, 3.05) is 6.61 Å².